The average molecular weight is 352 g/mol. The fourth-order valence-corrected chi connectivity index (χ4v) is 3.51. The Bertz CT molecular complexity index is 649. The van der Waals surface area contributed by atoms with Gasteiger partial charge in [0.1, 0.15) is 6.29 Å². The summed E-state index contributed by atoms with van der Waals surface area (Å²) in [5, 5.41) is 0.487. The van der Waals surface area contributed by atoms with Crippen molar-refractivity contribution >= 4 is 35.9 Å². The molecule has 4 aliphatic rings. The minimum absolute atomic E-state index is 0.0131. The highest BCUT2D eigenvalue weighted by molar-refractivity contribution is 6.02. The van der Waals surface area contributed by atoms with E-state index in [9.17, 15) is 28.8 Å². The molecule has 2 bridgehead atoms. The quantitative estimate of drug-likeness (QED) is 0.377. The van der Waals surface area contributed by atoms with Crippen LogP contribution in [0.4, 0.5) is 0 Å². The molecule has 4 fully saturated rings. The molecule has 10 nitrogen and oxygen atoms in total. The van der Waals surface area contributed by atoms with E-state index in [4.69, 9.17) is 9.68 Å². The molecule has 1 saturated heterocycles. The van der Waals surface area contributed by atoms with Crippen molar-refractivity contribution in [2.24, 2.45) is 10.8 Å². The first-order chi connectivity index (χ1) is 11.8. The van der Waals surface area contributed by atoms with Crippen LogP contribution in [0.2, 0.25) is 0 Å². The van der Waals surface area contributed by atoms with Crippen LogP contribution in [0.25, 0.3) is 0 Å². The zero-order valence-corrected chi connectivity index (χ0v) is 13.2. The van der Waals surface area contributed by atoms with Gasteiger partial charge in [0.05, 0.1) is 10.8 Å². The Balaban J connectivity index is 1.46. The van der Waals surface area contributed by atoms with Crippen molar-refractivity contribution in [3.8, 4) is 0 Å². The number of carbonyl (C=O) groups is 6. The number of nitrogens with one attached hydrogen (secondary N) is 1. The van der Waals surface area contributed by atoms with Crippen LogP contribution in [-0.2, 0) is 38.4 Å². The zero-order valence-electron chi connectivity index (χ0n) is 13.2. The van der Waals surface area contributed by atoms with Crippen LogP contribution < -0.4 is 5.48 Å². The molecule has 0 aromatic carbocycles. The molecule has 1 aliphatic heterocycles. The van der Waals surface area contributed by atoms with E-state index < -0.39 is 40.5 Å². The second-order valence-electron chi connectivity index (χ2n) is 6.67. The number of hydroxylamine groups is 3. The van der Waals surface area contributed by atoms with Gasteiger partial charge >= 0.3 is 11.9 Å². The van der Waals surface area contributed by atoms with Gasteiger partial charge in [0.2, 0.25) is 0 Å². The number of hydrogen-bond donors (Lipinski definition) is 1. The molecule has 25 heavy (non-hydrogen) atoms. The van der Waals surface area contributed by atoms with Gasteiger partial charge in [-0.15, -0.1) is 5.06 Å². The molecule has 10 heteroatoms. The van der Waals surface area contributed by atoms with E-state index in [0.29, 0.717) is 11.3 Å². The number of hydrogen-bond acceptors (Lipinski definition) is 8. The van der Waals surface area contributed by atoms with E-state index in [1.165, 1.54) is 0 Å². The third-order valence-electron chi connectivity index (χ3n) is 4.82. The number of aldehydes is 1. The van der Waals surface area contributed by atoms with E-state index in [1.54, 1.807) is 0 Å². The van der Waals surface area contributed by atoms with Crippen LogP contribution in [0.3, 0.4) is 0 Å². The van der Waals surface area contributed by atoms with Gasteiger partial charge in [0, 0.05) is 25.7 Å². The topological polar surface area (TPSA) is 136 Å². The maximum Gasteiger partial charge on any atom is 0.339 e. The van der Waals surface area contributed by atoms with E-state index in [-0.39, 0.29) is 44.9 Å². The highest BCUT2D eigenvalue weighted by Gasteiger charge is 2.77. The second-order valence-corrected chi connectivity index (χ2v) is 6.67. The van der Waals surface area contributed by atoms with E-state index in [1.807, 2.05) is 5.48 Å². The molecule has 0 aromatic rings. The average Bonchev–Trinajstić information content (AvgIpc) is 2.80. The lowest BCUT2D eigenvalue weighted by molar-refractivity contribution is -0.256. The smallest absolute Gasteiger partial charge is 0.339 e. The highest BCUT2D eigenvalue weighted by Crippen LogP contribution is 2.74. The summed E-state index contributed by atoms with van der Waals surface area (Å²) in [6.45, 7) is 0. The van der Waals surface area contributed by atoms with Crippen LogP contribution >= 0.6 is 0 Å². The number of rotatable bonds is 6. The first-order valence-electron chi connectivity index (χ1n) is 7.84. The minimum atomic E-state index is -0.885. The Morgan fingerprint density at radius 2 is 1.60 bits per heavy atom. The van der Waals surface area contributed by atoms with E-state index in [2.05, 4.69) is 0 Å². The Hall–Kier alpha value is -2.78. The molecule has 0 radical (unpaired) electrons. The summed E-state index contributed by atoms with van der Waals surface area (Å²) in [5.41, 5.74) is 0.231. The summed E-state index contributed by atoms with van der Waals surface area (Å²) in [6, 6.07) is 0. The maximum absolute atomic E-state index is 12.2. The summed E-state index contributed by atoms with van der Waals surface area (Å²) in [7, 11) is 0. The molecule has 0 spiro atoms. The molecule has 3 aliphatic carbocycles. The fourth-order valence-electron chi connectivity index (χ4n) is 3.51. The first kappa shape index (κ1) is 17.1. The Morgan fingerprint density at radius 1 is 1.04 bits per heavy atom. The first-order valence-corrected chi connectivity index (χ1v) is 7.84. The monoisotopic (exact) mass is 352 g/mol. The number of carbonyl (C=O) groups excluding carboxylic acids is 6. The Morgan fingerprint density at radius 3 is 2.16 bits per heavy atom. The molecular weight excluding hydrogens is 336 g/mol. The van der Waals surface area contributed by atoms with Crippen molar-refractivity contribution in [2.45, 2.75) is 44.9 Å². The Kier molecular flexibility index (Phi) is 4.05. The standard InChI is InChI=1S/C15H16N2O8/c18-5-1-2-9(19)16-24-12(22)14-6-15(7-14,8-14)13(23)25-17-10(20)3-4-11(17)21/h5H,1-4,6-8H2,(H,16,19). The lowest BCUT2D eigenvalue weighted by atomic mass is 9.35. The maximum atomic E-state index is 12.2. The van der Waals surface area contributed by atoms with Gasteiger partial charge in [-0.2, -0.15) is 5.48 Å². The predicted molar refractivity (Wildman–Crippen MR) is 75.4 cm³/mol. The van der Waals surface area contributed by atoms with Crippen molar-refractivity contribution in [2.75, 3.05) is 0 Å². The van der Waals surface area contributed by atoms with E-state index in [0.717, 1.165) is 0 Å². The molecule has 0 aromatic heterocycles. The van der Waals surface area contributed by atoms with Crippen molar-refractivity contribution in [1.82, 2.24) is 10.5 Å². The summed E-state index contributed by atoms with van der Waals surface area (Å²) in [6.07, 6.45) is 1.08. The molecule has 1 N–H and O–H groups in total. The van der Waals surface area contributed by atoms with Crippen LogP contribution in [-0.4, -0.2) is 41.0 Å². The predicted octanol–water partition coefficient (Wildman–Crippen LogP) is -0.683. The normalized spacial score (nSPS) is 29.4. The second kappa shape index (κ2) is 5.94. The number of imide groups is 1. The number of nitrogens with zero attached hydrogens (tertiary/aromatic N) is 1. The van der Waals surface area contributed by atoms with E-state index >= 15 is 0 Å². The van der Waals surface area contributed by atoms with Gasteiger partial charge in [-0.25, -0.2) is 9.59 Å². The molecule has 0 unspecified atom stereocenters. The molecule has 4 rings (SSSR count). The molecule has 3 amide bonds. The zero-order chi connectivity index (χ0) is 18.2. The lowest BCUT2D eigenvalue weighted by Crippen LogP contribution is -2.70. The van der Waals surface area contributed by atoms with Gasteiger partial charge in [-0.1, -0.05) is 0 Å². The largest absolute Gasteiger partial charge is 0.340 e. The highest BCUT2D eigenvalue weighted by atomic mass is 16.7. The summed E-state index contributed by atoms with van der Waals surface area (Å²) in [5.74, 6) is -3.07. The summed E-state index contributed by atoms with van der Waals surface area (Å²) >= 11 is 0. The number of amides is 3. The van der Waals surface area contributed by atoms with Gasteiger partial charge in [-0.3, -0.25) is 14.4 Å². The molecule has 0 atom stereocenters. The third-order valence-corrected chi connectivity index (χ3v) is 4.82. The van der Waals surface area contributed by atoms with Crippen LogP contribution in [0.1, 0.15) is 44.9 Å². The van der Waals surface area contributed by atoms with Gasteiger partial charge in [0.25, 0.3) is 17.7 Å². The summed E-state index contributed by atoms with van der Waals surface area (Å²) < 4.78 is 0. The van der Waals surface area contributed by atoms with Crippen LogP contribution in [0.5, 0.6) is 0 Å². The van der Waals surface area contributed by atoms with Crippen LogP contribution in [0, 0.1) is 10.8 Å². The molecule has 1 heterocycles. The van der Waals surface area contributed by atoms with Crippen molar-refractivity contribution in [3.63, 3.8) is 0 Å². The fraction of sp³-hybridized carbons (Fsp3) is 0.600. The van der Waals surface area contributed by atoms with Gasteiger partial charge < -0.3 is 14.5 Å². The van der Waals surface area contributed by atoms with Gasteiger partial charge in [0.15, 0.2) is 0 Å². The van der Waals surface area contributed by atoms with Crippen LogP contribution in [0.15, 0.2) is 0 Å². The van der Waals surface area contributed by atoms with Crippen molar-refractivity contribution in [1.29, 1.82) is 0 Å². The molecular formula is C15H16N2O8. The summed E-state index contributed by atoms with van der Waals surface area (Å²) in [4.78, 5) is 78.1. The van der Waals surface area contributed by atoms with Crippen molar-refractivity contribution < 1.29 is 38.4 Å². The third kappa shape index (κ3) is 2.77. The van der Waals surface area contributed by atoms with Crippen molar-refractivity contribution in [3.05, 3.63) is 0 Å². The minimum Gasteiger partial charge on any atom is -0.340 e. The molecule has 3 saturated carbocycles. The van der Waals surface area contributed by atoms with Gasteiger partial charge in [-0.05, 0) is 19.3 Å². The lowest BCUT2D eigenvalue weighted by Gasteiger charge is -2.65. The molecule has 134 valence electrons. The Labute approximate surface area is 141 Å². The SMILES string of the molecule is O=CCCC(=O)NOC(=O)C12CC(C(=O)ON3C(=O)CCC3=O)(C1)C2.